The summed E-state index contributed by atoms with van der Waals surface area (Å²) in [5.41, 5.74) is 6.53. The molecule has 1 aromatic carbocycles. The molecule has 2 rings (SSSR count). The number of rotatable bonds is 6. The summed E-state index contributed by atoms with van der Waals surface area (Å²) in [6.45, 7) is 2.59. The molecule has 1 aromatic rings. The molecule has 4 nitrogen and oxygen atoms in total. The number of benzene rings is 1. The van der Waals surface area contributed by atoms with Gasteiger partial charge in [0.05, 0.1) is 0 Å². The molecule has 124 valence electrons. The number of nitrogens with two attached hydrogens (primary N) is 1. The topological polar surface area (TPSA) is 64.4 Å². The maximum absolute atomic E-state index is 11.9. The van der Waals surface area contributed by atoms with E-state index >= 15 is 0 Å². The van der Waals surface area contributed by atoms with Crippen molar-refractivity contribution in [1.82, 2.24) is 5.32 Å². The zero-order valence-electron chi connectivity index (χ0n) is 12.6. The van der Waals surface area contributed by atoms with E-state index < -0.39 is 0 Å². The molecule has 6 heteroatoms. The molecule has 22 heavy (non-hydrogen) atoms. The highest BCUT2D eigenvalue weighted by Gasteiger charge is 2.34. The van der Waals surface area contributed by atoms with Gasteiger partial charge in [0.1, 0.15) is 0 Å². The number of carbonyl (C=O) groups excluding carboxylic acids is 1. The van der Waals surface area contributed by atoms with Crippen molar-refractivity contribution in [3.8, 4) is 0 Å². The number of carbonyl (C=O) groups is 1. The Hall–Kier alpha value is -0.810. The fraction of sp³-hybridized carbons (Fsp3) is 0.562. The molecule has 1 aliphatic heterocycles. The lowest BCUT2D eigenvalue weighted by Gasteiger charge is -2.38. The van der Waals surface area contributed by atoms with Gasteiger partial charge in [-0.25, -0.2) is 0 Å². The van der Waals surface area contributed by atoms with Crippen LogP contribution >= 0.6 is 24.0 Å². The van der Waals surface area contributed by atoms with Crippen molar-refractivity contribution in [2.24, 2.45) is 5.73 Å². The van der Waals surface area contributed by atoms with Crippen molar-refractivity contribution in [2.75, 3.05) is 26.3 Å². The molecule has 0 atom stereocenters. The van der Waals surface area contributed by atoms with E-state index in [2.05, 4.69) is 11.4 Å². The fourth-order valence-electron chi connectivity index (χ4n) is 2.77. The number of hydrogen-bond donors (Lipinski definition) is 2. The van der Waals surface area contributed by atoms with E-state index in [0.717, 1.165) is 24.3 Å². The summed E-state index contributed by atoms with van der Waals surface area (Å²) < 4.78 is 5.49. The highest BCUT2D eigenvalue weighted by Crippen LogP contribution is 2.35. The summed E-state index contributed by atoms with van der Waals surface area (Å²) in [5, 5.41) is 3.78. The molecule has 3 N–H and O–H groups in total. The van der Waals surface area contributed by atoms with Gasteiger partial charge in [-0.2, -0.15) is 0 Å². The molecule has 1 fully saturated rings. The zero-order chi connectivity index (χ0) is 15.1. The van der Waals surface area contributed by atoms with Gasteiger partial charge in [-0.15, -0.1) is 12.4 Å². The van der Waals surface area contributed by atoms with Crippen LogP contribution in [0.1, 0.15) is 31.2 Å². The van der Waals surface area contributed by atoms with Crippen LogP contribution < -0.4 is 11.1 Å². The van der Waals surface area contributed by atoms with Crippen molar-refractivity contribution >= 4 is 29.9 Å². The van der Waals surface area contributed by atoms with Crippen molar-refractivity contribution in [1.29, 1.82) is 0 Å². The number of nitrogens with one attached hydrogen (secondary N) is 1. The second-order valence-electron chi connectivity index (χ2n) is 5.57. The lowest BCUT2D eigenvalue weighted by molar-refractivity contribution is -0.121. The van der Waals surface area contributed by atoms with Crippen molar-refractivity contribution in [2.45, 2.75) is 31.1 Å². The summed E-state index contributed by atoms with van der Waals surface area (Å²) in [7, 11) is 0. The lowest BCUT2D eigenvalue weighted by Crippen LogP contribution is -2.44. The van der Waals surface area contributed by atoms with Crippen LogP contribution in [0.5, 0.6) is 0 Å². The first-order valence-electron chi connectivity index (χ1n) is 7.47. The Morgan fingerprint density at radius 3 is 2.73 bits per heavy atom. The van der Waals surface area contributed by atoms with Gasteiger partial charge < -0.3 is 15.8 Å². The van der Waals surface area contributed by atoms with Crippen molar-refractivity contribution in [3.05, 3.63) is 34.9 Å². The van der Waals surface area contributed by atoms with E-state index in [-0.39, 0.29) is 23.7 Å². The molecule has 0 spiro atoms. The van der Waals surface area contributed by atoms with Gasteiger partial charge in [0.25, 0.3) is 0 Å². The average Bonchev–Trinajstić information content (AvgIpc) is 2.52. The Morgan fingerprint density at radius 2 is 2.09 bits per heavy atom. The van der Waals surface area contributed by atoms with Gasteiger partial charge in [0.15, 0.2) is 0 Å². The van der Waals surface area contributed by atoms with Gasteiger partial charge in [-0.05, 0) is 43.5 Å². The fourth-order valence-corrected chi connectivity index (χ4v) is 2.96. The number of ether oxygens (including phenoxy) is 1. The SMILES string of the molecule is Cl.NCCCC(=O)NCC1(c2cccc(Cl)c2)CCOCC1. The van der Waals surface area contributed by atoms with E-state index in [1.807, 2.05) is 18.2 Å². The molecule has 0 bridgehead atoms. The summed E-state index contributed by atoms with van der Waals surface area (Å²) in [5.74, 6) is 0.0633. The van der Waals surface area contributed by atoms with Gasteiger partial charge >= 0.3 is 0 Å². The molecule has 1 heterocycles. The van der Waals surface area contributed by atoms with E-state index in [1.54, 1.807) is 0 Å². The number of amides is 1. The highest BCUT2D eigenvalue weighted by atomic mass is 35.5. The van der Waals surface area contributed by atoms with E-state index in [1.165, 1.54) is 5.56 Å². The van der Waals surface area contributed by atoms with Crippen LogP contribution in [0.25, 0.3) is 0 Å². The van der Waals surface area contributed by atoms with Gasteiger partial charge in [-0.3, -0.25) is 4.79 Å². The van der Waals surface area contributed by atoms with Crippen LogP contribution in [0, 0.1) is 0 Å². The van der Waals surface area contributed by atoms with Crippen LogP contribution in [0.3, 0.4) is 0 Å². The number of halogens is 2. The van der Waals surface area contributed by atoms with E-state index in [0.29, 0.717) is 32.7 Å². The Balaban J connectivity index is 0.00000242. The Labute approximate surface area is 143 Å². The maximum Gasteiger partial charge on any atom is 0.220 e. The Kier molecular flexibility index (Phi) is 8.18. The van der Waals surface area contributed by atoms with Crippen LogP contribution in [0.15, 0.2) is 24.3 Å². The smallest absolute Gasteiger partial charge is 0.220 e. The van der Waals surface area contributed by atoms with E-state index in [9.17, 15) is 4.79 Å². The van der Waals surface area contributed by atoms with Crippen LogP contribution in [-0.2, 0) is 14.9 Å². The first kappa shape index (κ1) is 19.2. The second kappa shape index (κ2) is 9.36. The molecule has 1 amide bonds. The number of hydrogen-bond acceptors (Lipinski definition) is 3. The van der Waals surface area contributed by atoms with Crippen LogP contribution in [-0.4, -0.2) is 32.2 Å². The zero-order valence-corrected chi connectivity index (χ0v) is 14.2. The molecule has 0 saturated carbocycles. The molecule has 1 saturated heterocycles. The summed E-state index contributed by atoms with van der Waals surface area (Å²) in [6.07, 6.45) is 2.99. The summed E-state index contributed by atoms with van der Waals surface area (Å²) in [6, 6.07) is 7.92. The second-order valence-corrected chi connectivity index (χ2v) is 6.01. The van der Waals surface area contributed by atoms with E-state index in [4.69, 9.17) is 22.1 Å². The molecule has 0 aliphatic carbocycles. The van der Waals surface area contributed by atoms with Gasteiger partial charge in [0.2, 0.25) is 5.91 Å². The standard InChI is InChI=1S/C16H23ClN2O2.ClH/c17-14-4-1-3-13(11-14)16(6-9-21-10-7-16)12-19-15(20)5-2-8-18;/h1,3-4,11H,2,5-10,12,18H2,(H,19,20);1H. The molecular weight excluding hydrogens is 323 g/mol. The minimum absolute atomic E-state index is 0. The first-order chi connectivity index (χ1) is 10.2. The molecule has 1 aliphatic rings. The quantitative estimate of drug-likeness (QED) is 0.832. The monoisotopic (exact) mass is 346 g/mol. The maximum atomic E-state index is 11.9. The minimum atomic E-state index is -0.0818. The van der Waals surface area contributed by atoms with Crippen LogP contribution in [0.2, 0.25) is 5.02 Å². The van der Waals surface area contributed by atoms with Crippen LogP contribution in [0.4, 0.5) is 0 Å². The summed E-state index contributed by atoms with van der Waals surface area (Å²) in [4.78, 5) is 11.9. The molecular formula is C16H24Cl2N2O2. The third-order valence-corrected chi connectivity index (χ3v) is 4.35. The average molecular weight is 347 g/mol. The Morgan fingerprint density at radius 1 is 1.36 bits per heavy atom. The molecule has 0 unspecified atom stereocenters. The third-order valence-electron chi connectivity index (χ3n) is 4.12. The Bertz CT molecular complexity index is 477. The van der Waals surface area contributed by atoms with Crippen molar-refractivity contribution < 1.29 is 9.53 Å². The summed E-state index contributed by atoms with van der Waals surface area (Å²) >= 11 is 6.12. The highest BCUT2D eigenvalue weighted by molar-refractivity contribution is 6.30. The molecule has 0 radical (unpaired) electrons. The predicted octanol–water partition coefficient (Wildman–Crippen LogP) is 2.67. The predicted molar refractivity (Wildman–Crippen MR) is 91.7 cm³/mol. The third kappa shape index (κ3) is 5.13. The van der Waals surface area contributed by atoms with Gasteiger partial charge in [-0.1, -0.05) is 23.7 Å². The largest absolute Gasteiger partial charge is 0.381 e. The minimum Gasteiger partial charge on any atom is -0.381 e. The van der Waals surface area contributed by atoms with Gasteiger partial charge in [0, 0.05) is 36.6 Å². The lowest BCUT2D eigenvalue weighted by atomic mass is 9.74. The van der Waals surface area contributed by atoms with Crippen molar-refractivity contribution in [3.63, 3.8) is 0 Å². The molecule has 0 aromatic heterocycles. The normalized spacial score (nSPS) is 16.6. The first-order valence-corrected chi connectivity index (χ1v) is 7.85.